The summed E-state index contributed by atoms with van der Waals surface area (Å²) in [6.07, 6.45) is -33.3. The van der Waals surface area contributed by atoms with Gasteiger partial charge < -0.3 is 100.0 Å². The standard InChI is InChI=1S/C28H44N2O22/c1-6(33)29-8-5-46-9(3-31)12(35)19(8)48-28-18(41)16(39)21(23(52-28)25(44)45)50-26-11(30-7(2)34)20(13(36)10(4-32)47-26)49-27-17(40)14(37)15(38)22(51-27)24(42)43/h8-23,26-28,31-32,35-41H,3-5H2,1-2H3,(H,29,33)(H,30,34)(H,42,43)(H,44,45)/t8-,9+,10+,11+,12+,13+,14-,15-,16+,17+,18+,19+,20+,21-,22-,23-,26-,27+,28+/m0/s1. The zero-order valence-electron chi connectivity index (χ0n) is 27.5. The van der Waals surface area contributed by atoms with Crippen LogP contribution < -0.4 is 10.6 Å². The Balaban J connectivity index is 1.61. The number of aliphatic hydroxyl groups is 9. The second kappa shape index (κ2) is 17.6. The van der Waals surface area contributed by atoms with Crippen molar-refractivity contribution < 1.29 is 109 Å². The van der Waals surface area contributed by atoms with E-state index >= 15 is 0 Å². The summed E-state index contributed by atoms with van der Waals surface area (Å²) in [6.45, 7) is 0.134. The number of hydrogen-bond donors (Lipinski definition) is 13. The maximum atomic E-state index is 12.4. The van der Waals surface area contributed by atoms with Crippen molar-refractivity contribution in [3.05, 3.63) is 0 Å². The number of rotatable bonds is 12. The van der Waals surface area contributed by atoms with Gasteiger partial charge in [-0.2, -0.15) is 0 Å². The average Bonchev–Trinajstić information content (AvgIpc) is 3.07. The maximum Gasteiger partial charge on any atom is 0.335 e. The van der Waals surface area contributed by atoms with Crippen LogP contribution in [-0.2, 0) is 52.3 Å². The zero-order chi connectivity index (χ0) is 38.8. The second-order valence-corrected chi connectivity index (χ2v) is 12.6. The quantitative estimate of drug-likeness (QED) is 0.0878. The normalized spacial score (nSPS) is 45.5. The monoisotopic (exact) mass is 760 g/mol. The number of nitrogens with one attached hydrogen (secondary N) is 2. The molecule has 52 heavy (non-hydrogen) atoms. The molecule has 0 spiro atoms. The Morgan fingerprint density at radius 2 is 1.08 bits per heavy atom. The lowest BCUT2D eigenvalue weighted by atomic mass is 9.94. The van der Waals surface area contributed by atoms with Crippen molar-refractivity contribution in [2.45, 2.75) is 130 Å². The van der Waals surface area contributed by atoms with Crippen molar-refractivity contribution in [3.63, 3.8) is 0 Å². The summed E-state index contributed by atoms with van der Waals surface area (Å²) in [7, 11) is 0. The molecule has 4 saturated heterocycles. The van der Waals surface area contributed by atoms with Crippen LogP contribution in [0.5, 0.6) is 0 Å². The molecule has 4 heterocycles. The lowest BCUT2D eigenvalue weighted by molar-refractivity contribution is -0.365. The van der Waals surface area contributed by atoms with Gasteiger partial charge in [0, 0.05) is 13.8 Å². The molecule has 0 bridgehead atoms. The highest BCUT2D eigenvalue weighted by atomic mass is 16.8. The molecule has 19 atom stereocenters. The molecule has 13 N–H and O–H groups in total. The lowest BCUT2D eigenvalue weighted by Crippen LogP contribution is -2.70. The number of aliphatic carboxylic acids is 2. The molecule has 0 aliphatic carbocycles. The first-order valence-electron chi connectivity index (χ1n) is 15.9. The Hall–Kier alpha value is -2.76. The maximum absolute atomic E-state index is 12.4. The third kappa shape index (κ3) is 8.95. The summed E-state index contributed by atoms with van der Waals surface area (Å²) in [5, 5.41) is 119. The molecular formula is C28H44N2O22. The number of aliphatic hydroxyl groups excluding tert-OH is 9. The second-order valence-electron chi connectivity index (χ2n) is 12.6. The summed E-state index contributed by atoms with van der Waals surface area (Å²) >= 11 is 0. The fourth-order valence-electron chi connectivity index (χ4n) is 6.25. The van der Waals surface area contributed by atoms with E-state index in [1.165, 1.54) is 0 Å². The number of amides is 2. The van der Waals surface area contributed by atoms with Crippen molar-refractivity contribution in [1.82, 2.24) is 10.6 Å². The molecule has 2 amide bonds. The van der Waals surface area contributed by atoms with Gasteiger partial charge in [0.2, 0.25) is 11.8 Å². The molecule has 4 aliphatic rings. The van der Waals surface area contributed by atoms with E-state index in [4.69, 9.17) is 33.2 Å². The highest BCUT2D eigenvalue weighted by molar-refractivity contribution is 5.74. The first-order chi connectivity index (χ1) is 24.4. The summed E-state index contributed by atoms with van der Waals surface area (Å²) in [6, 6.07) is -2.87. The third-order valence-electron chi connectivity index (χ3n) is 8.87. The lowest BCUT2D eigenvalue weighted by Gasteiger charge is -2.49. The van der Waals surface area contributed by atoms with E-state index in [1.807, 2.05) is 0 Å². The van der Waals surface area contributed by atoms with Crippen molar-refractivity contribution in [3.8, 4) is 0 Å². The highest BCUT2D eigenvalue weighted by Gasteiger charge is 2.57. The van der Waals surface area contributed by atoms with Gasteiger partial charge in [-0.15, -0.1) is 0 Å². The van der Waals surface area contributed by atoms with Crippen molar-refractivity contribution >= 4 is 23.8 Å². The molecule has 298 valence electrons. The van der Waals surface area contributed by atoms with Gasteiger partial charge in [-0.05, 0) is 0 Å². The summed E-state index contributed by atoms with van der Waals surface area (Å²) in [5.41, 5.74) is 0. The average molecular weight is 761 g/mol. The SMILES string of the molecule is CC(=O)N[C@H]1[C@H](O[C@H]2[C@H](O)[C@@H](O)[C@H](O[C@H]3[C@H](O)[C@@H](CO)OC[C@@H]3NC(C)=O)O[C@@H]2C(=O)O)O[C@H](CO)[C@@H](O)[C@@H]1O[C@@H]1O[C@H](C(=O)O)[C@@H](O)[C@H](O)[C@H]1O. The first kappa shape index (κ1) is 42.0. The molecule has 0 saturated carbocycles. The molecule has 4 fully saturated rings. The fraction of sp³-hybridized carbons (Fsp3) is 0.857. The first-order valence-corrected chi connectivity index (χ1v) is 15.9. The minimum absolute atomic E-state index is 0.296. The molecule has 4 aliphatic heterocycles. The summed E-state index contributed by atoms with van der Waals surface area (Å²) in [4.78, 5) is 48.1. The van der Waals surface area contributed by atoms with Gasteiger partial charge in [0.15, 0.2) is 31.1 Å². The van der Waals surface area contributed by atoms with Crippen LogP contribution in [0.2, 0.25) is 0 Å². The van der Waals surface area contributed by atoms with Crippen LogP contribution in [0.15, 0.2) is 0 Å². The van der Waals surface area contributed by atoms with Crippen LogP contribution in [-0.4, -0.2) is 216 Å². The Bertz CT molecular complexity index is 1260. The number of carbonyl (C=O) groups excluding carboxylic acids is 2. The van der Waals surface area contributed by atoms with Gasteiger partial charge >= 0.3 is 11.9 Å². The Morgan fingerprint density at radius 3 is 1.62 bits per heavy atom. The Kier molecular flexibility index (Phi) is 14.2. The van der Waals surface area contributed by atoms with Crippen LogP contribution in [0.3, 0.4) is 0 Å². The predicted molar refractivity (Wildman–Crippen MR) is 157 cm³/mol. The fourth-order valence-corrected chi connectivity index (χ4v) is 6.25. The van der Waals surface area contributed by atoms with Crippen LogP contribution in [0.1, 0.15) is 13.8 Å². The van der Waals surface area contributed by atoms with Gasteiger partial charge in [0.05, 0.1) is 25.9 Å². The number of hydrogen-bond acceptors (Lipinski definition) is 20. The van der Waals surface area contributed by atoms with Crippen molar-refractivity contribution in [1.29, 1.82) is 0 Å². The van der Waals surface area contributed by atoms with Gasteiger partial charge in [-0.25, -0.2) is 9.59 Å². The van der Waals surface area contributed by atoms with E-state index in [2.05, 4.69) is 10.6 Å². The smallest absolute Gasteiger partial charge is 0.335 e. The Morgan fingerprint density at radius 1 is 0.577 bits per heavy atom. The minimum Gasteiger partial charge on any atom is -0.479 e. The summed E-state index contributed by atoms with van der Waals surface area (Å²) in [5.74, 6) is -5.03. The molecule has 0 aromatic heterocycles. The molecule has 0 unspecified atom stereocenters. The zero-order valence-corrected chi connectivity index (χ0v) is 27.5. The highest BCUT2D eigenvalue weighted by Crippen LogP contribution is 2.34. The van der Waals surface area contributed by atoms with Crippen LogP contribution in [0, 0.1) is 0 Å². The number of carboxylic acid groups (broad SMARTS) is 2. The van der Waals surface area contributed by atoms with Crippen LogP contribution in [0.4, 0.5) is 0 Å². The van der Waals surface area contributed by atoms with Gasteiger partial charge in [-0.3, -0.25) is 9.59 Å². The van der Waals surface area contributed by atoms with E-state index in [-0.39, 0.29) is 6.61 Å². The number of carbonyl (C=O) groups is 4. The molecule has 0 radical (unpaired) electrons. The molecule has 0 aromatic carbocycles. The van der Waals surface area contributed by atoms with Gasteiger partial charge in [-0.1, -0.05) is 0 Å². The van der Waals surface area contributed by atoms with Crippen molar-refractivity contribution in [2.24, 2.45) is 0 Å². The largest absolute Gasteiger partial charge is 0.479 e. The Labute approximate surface area is 293 Å². The van der Waals surface area contributed by atoms with Crippen LogP contribution in [0.25, 0.3) is 0 Å². The van der Waals surface area contributed by atoms with E-state index in [1.54, 1.807) is 0 Å². The van der Waals surface area contributed by atoms with Crippen molar-refractivity contribution in [2.75, 3.05) is 19.8 Å². The van der Waals surface area contributed by atoms with E-state index in [9.17, 15) is 75.3 Å². The predicted octanol–water partition coefficient (Wildman–Crippen LogP) is -8.60. The minimum atomic E-state index is -2.23. The van der Waals surface area contributed by atoms with E-state index in [0.717, 1.165) is 13.8 Å². The number of carboxylic acids is 2. The molecule has 4 rings (SSSR count). The van der Waals surface area contributed by atoms with Crippen LogP contribution >= 0.6 is 0 Å². The van der Waals surface area contributed by atoms with Gasteiger partial charge in [0.25, 0.3) is 0 Å². The molecule has 24 nitrogen and oxygen atoms in total. The topological polar surface area (TPSA) is 379 Å². The third-order valence-corrected chi connectivity index (χ3v) is 8.87. The molecular weight excluding hydrogens is 716 g/mol. The molecule has 0 aromatic rings. The molecule has 24 heteroatoms. The number of ether oxygens (including phenoxy) is 7. The van der Waals surface area contributed by atoms with E-state index in [0.29, 0.717) is 0 Å². The van der Waals surface area contributed by atoms with E-state index < -0.39 is 153 Å². The van der Waals surface area contributed by atoms with Gasteiger partial charge in [0.1, 0.15) is 79.3 Å². The summed E-state index contributed by atoms with van der Waals surface area (Å²) < 4.78 is 38.5.